The Balaban J connectivity index is 1.83. The monoisotopic (exact) mass is 480 g/mol. The highest BCUT2D eigenvalue weighted by molar-refractivity contribution is 7.99. The number of benzene rings is 3. The van der Waals surface area contributed by atoms with Crippen LogP contribution in [-0.4, -0.2) is 35.6 Å². The zero-order valence-electron chi connectivity index (χ0n) is 19.0. The van der Waals surface area contributed by atoms with E-state index >= 15 is 0 Å². The van der Waals surface area contributed by atoms with Crippen molar-refractivity contribution in [2.45, 2.75) is 31.7 Å². The molecule has 0 aromatic heterocycles. The SMILES string of the molecule is CNC(=O)C(Cc1ccccc1)N(Cc1ccccc1C)C(=O)CSCc1ccccc1Cl. The number of aryl methyl sites for hydroxylation is 1. The van der Waals surface area contributed by atoms with Crippen LogP contribution >= 0.6 is 23.4 Å². The minimum atomic E-state index is -0.606. The third-order valence-corrected chi connectivity index (χ3v) is 6.90. The van der Waals surface area contributed by atoms with E-state index in [4.69, 9.17) is 11.6 Å². The fraction of sp³-hybridized carbons (Fsp3) is 0.259. The molecule has 1 unspecified atom stereocenters. The third kappa shape index (κ3) is 7.11. The molecule has 3 aromatic rings. The highest BCUT2D eigenvalue weighted by Crippen LogP contribution is 2.23. The summed E-state index contributed by atoms with van der Waals surface area (Å²) >= 11 is 7.77. The Morgan fingerprint density at radius 2 is 1.58 bits per heavy atom. The predicted molar refractivity (Wildman–Crippen MR) is 137 cm³/mol. The van der Waals surface area contributed by atoms with Gasteiger partial charge in [0.05, 0.1) is 5.75 Å². The van der Waals surface area contributed by atoms with E-state index in [0.29, 0.717) is 23.7 Å². The molecule has 33 heavy (non-hydrogen) atoms. The molecular formula is C27H29ClN2O2S. The number of hydrogen-bond acceptors (Lipinski definition) is 3. The molecule has 1 atom stereocenters. The molecule has 0 aliphatic carbocycles. The number of carbonyl (C=O) groups is 2. The Hall–Kier alpha value is -2.76. The van der Waals surface area contributed by atoms with Gasteiger partial charge in [0.2, 0.25) is 11.8 Å². The largest absolute Gasteiger partial charge is 0.357 e. The van der Waals surface area contributed by atoms with Gasteiger partial charge in [0.1, 0.15) is 6.04 Å². The van der Waals surface area contributed by atoms with E-state index in [1.165, 1.54) is 11.8 Å². The smallest absolute Gasteiger partial charge is 0.242 e. The van der Waals surface area contributed by atoms with Crippen LogP contribution in [0, 0.1) is 6.92 Å². The van der Waals surface area contributed by atoms with E-state index in [-0.39, 0.29) is 17.6 Å². The number of rotatable bonds is 10. The molecule has 0 spiro atoms. The first-order valence-corrected chi connectivity index (χ1v) is 12.4. The first-order chi connectivity index (χ1) is 16.0. The number of nitrogens with zero attached hydrogens (tertiary/aromatic N) is 1. The number of carbonyl (C=O) groups excluding carboxylic acids is 2. The molecule has 3 rings (SSSR count). The summed E-state index contributed by atoms with van der Waals surface area (Å²) in [5.74, 6) is 0.656. The highest BCUT2D eigenvalue weighted by Gasteiger charge is 2.30. The van der Waals surface area contributed by atoms with Crippen molar-refractivity contribution >= 4 is 35.2 Å². The van der Waals surface area contributed by atoms with Gasteiger partial charge < -0.3 is 10.2 Å². The fourth-order valence-corrected chi connectivity index (χ4v) is 4.83. The lowest BCUT2D eigenvalue weighted by Crippen LogP contribution is -2.50. The lowest BCUT2D eigenvalue weighted by atomic mass is 10.0. The van der Waals surface area contributed by atoms with Crippen LogP contribution in [0.1, 0.15) is 22.3 Å². The minimum Gasteiger partial charge on any atom is -0.357 e. The van der Waals surface area contributed by atoms with E-state index < -0.39 is 6.04 Å². The molecule has 0 saturated carbocycles. The Kier molecular flexibility index (Phi) is 9.40. The fourth-order valence-electron chi connectivity index (χ4n) is 3.64. The second-order valence-corrected chi connectivity index (χ2v) is 9.24. The maximum Gasteiger partial charge on any atom is 0.242 e. The van der Waals surface area contributed by atoms with Gasteiger partial charge in [-0.1, -0.05) is 84.4 Å². The summed E-state index contributed by atoms with van der Waals surface area (Å²) in [5.41, 5.74) is 4.13. The Bertz CT molecular complexity index is 1070. The Morgan fingerprint density at radius 1 is 0.939 bits per heavy atom. The highest BCUT2D eigenvalue weighted by atomic mass is 35.5. The summed E-state index contributed by atoms with van der Waals surface area (Å²) in [6, 6.07) is 24.8. The van der Waals surface area contributed by atoms with Gasteiger partial charge in [-0.05, 0) is 35.2 Å². The molecule has 0 bridgehead atoms. The van der Waals surface area contributed by atoms with Crippen molar-refractivity contribution in [3.8, 4) is 0 Å². The van der Waals surface area contributed by atoms with Crippen LogP contribution < -0.4 is 5.32 Å². The second kappa shape index (κ2) is 12.5. The van der Waals surface area contributed by atoms with Gasteiger partial charge >= 0.3 is 0 Å². The van der Waals surface area contributed by atoms with Crippen molar-refractivity contribution in [1.29, 1.82) is 0 Å². The molecular weight excluding hydrogens is 452 g/mol. The number of halogens is 1. The lowest BCUT2D eigenvalue weighted by molar-refractivity contribution is -0.139. The standard InChI is InChI=1S/C27H29ClN2O2S/c1-20-10-6-7-13-22(20)17-30(25(27(32)29-2)16-21-11-4-3-5-12-21)26(31)19-33-18-23-14-8-9-15-24(23)28/h3-15,25H,16-19H2,1-2H3,(H,29,32). The summed E-state index contributed by atoms with van der Waals surface area (Å²) in [7, 11) is 1.61. The molecule has 0 radical (unpaired) electrons. The van der Waals surface area contributed by atoms with Crippen molar-refractivity contribution in [2.24, 2.45) is 0 Å². The van der Waals surface area contributed by atoms with Crippen molar-refractivity contribution in [3.05, 3.63) is 106 Å². The molecule has 2 amide bonds. The Labute approximate surface area is 205 Å². The van der Waals surface area contributed by atoms with E-state index in [1.54, 1.807) is 11.9 Å². The van der Waals surface area contributed by atoms with Crippen LogP contribution in [0.3, 0.4) is 0 Å². The summed E-state index contributed by atoms with van der Waals surface area (Å²) in [5, 5.41) is 3.45. The van der Waals surface area contributed by atoms with Crippen LogP contribution in [0.15, 0.2) is 78.9 Å². The Morgan fingerprint density at radius 3 is 2.24 bits per heavy atom. The molecule has 0 aliphatic heterocycles. The van der Waals surface area contributed by atoms with E-state index in [2.05, 4.69) is 5.32 Å². The molecule has 0 heterocycles. The molecule has 0 saturated heterocycles. The van der Waals surface area contributed by atoms with Gasteiger partial charge in [-0.15, -0.1) is 11.8 Å². The number of nitrogens with one attached hydrogen (secondary N) is 1. The number of hydrogen-bond donors (Lipinski definition) is 1. The molecule has 0 aliphatic rings. The predicted octanol–water partition coefficient (Wildman–Crippen LogP) is 5.27. The van der Waals surface area contributed by atoms with Gasteiger partial charge in [-0.25, -0.2) is 0 Å². The summed E-state index contributed by atoms with van der Waals surface area (Å²) in [4.78, 5) is 28.1. The molecule has 1 N–H and O–H groups in total. The molecule has 0 fully saturated rings. The first kappa shape index (κ1) is 24.9. The summed E-state index contributed by atoms with van der Waals surface area (Å²) in [6.07, 6.45) is 0.452. The molecule has 3 aromatic carbocycles. The third-order valence-electron chi connectivity index (χ3n) is 5.56. The zero-order chi connectivity index (χ0) is 23.6. The van der Waals surface area contributed by atoms with Crippen molar-refractivity contribution < 1.29 is 9.59 Å². The minimum absolute atomic E-state index is 0.0696. The zero-order valence-corrected chi connectivity index (χ0v) is 20.5. The van der Waals surface area contributed by atoms with E-state index in [0.717, 1.165) is 22.3 Å². The summed E-state index contributed by atoms with van der Waals surface area (Å²) < 4.78 is 0. The quantitative estimate of drug-likeness (QED) is 0.430. The maximum absolute atomic E-state index is 13.5. The first-order valence-electron chi connectivity index (χ1n) is 10.9. The van der Waals surface area contributed by atoms with Crippen LogP contribution in [0.4, 0.5) is 0 Å². The topological polar surface area (TPSA) is 49.4 Å². The number of amides is 2. The van der Waals surface area contributed by atoms with E-state index in [9.17, 15) is 9.59 Å². The van der Waals surface area contributed by atoms with E-state index in [1.807, 2.05) is 85.8 Å². The van der Waals surface area contributed by atoms with Gasteiger partial charge in [-0.2, -0.15) is 0 Å². The average Bonchev–Trinajstić information content (AvgIpc) is 2.83. The van der Waals surface area contributed by atoms with Crippen molar-refractivity contribution in [3.63, 3.8) is 0 Å². The summed E-state index contributed by atoms with van der Waals surface area (Å²) in [6.45, 7) is 2.40. The van der Waals surface area contributed by atoms with Crippen LogP contribution in [-0.2, 0) is 28.3 Å². The van der Waals surface area contributed by atoms with Gasteiger partial charge in [0.15, 0.2) is 0 Å². The van der Waals surface area contributed by atoms with Gasteiger partial charge in [-0.3, -0.25) is 9.59 Å². The lowest BCUT2D eigenvalue weighted by Gasteiger charge is -2.31. The average molecular weight is 481 g/mol. The molecule has 172 valence electrons. The normalized spacial score (nSPS) is 11.6. The second-order valence-electron chi connectivity index (χ2n) is 7.85. The number of thioether (sulfide) groups is 1. The number of likely N-dealkylation sites (N-methyl/N-ethyl adjacent to an activating group) is 1. The van der Waals surface area contributed by atoms with Crippen LogP contribution in [0.25, 0.3) is 0 Å². The van der Waals surface area contributed by atoms with Crippen molar-refractivity contribution in [2.75, 3.05) is 12.8 Å². The molecule has 4 nitrogen and oxygen atoms in total. The van der Waals surface area contributed by atoms with Crippen LogP contribution in [0.5, 0.6) is 0 Å². The maximum atomic E-state index is 13.5. The van der Waals surface area contributed by atoms with Crippen molar-refractivity contribution in [1.82, 2.24) is 10.2 Å². The van der Waals surface area contributed by atoms with Crippen LogP contribution in [0.2, 0.25) is 5.02 Å². The van der Waals surface area contributed by atoms with Gasteiger partial charge in [0, 0.05) is 30.8 Å². The van der Waals surface area contributed by atoms with Gasteiger partial charge in [0.25, 0.3) is 0 Å². The molecule has 6 heteroatoms.